The fourth-order valence-corrected chi connectivity index (χ4v) is 2.22. The van der Waals surface area contributed by atoms with Crippen LogP contribution in [0.4, 0.5) is 0 Å². The Morgan fingerprint density at radius 2 is 1.73 bits per heavy atom. The van der Waals surface area contributed by atoms with Gasteiger partial charge < -0.3 is 0 Å². The van der Waals surface area contributed by atoms with Crippen LogP contribution in [-0.4, -0.2) is 0 Å². The zero-order chi connectivity index (χ0) is 8.48. The Labute approximate surface area is 71.4 Å². The van der Waals surface area contributed by atoms with Crippen molar-refractivity contribution in [1.29, 1.82) is 0 Å². The summed E-state index contributed by atoms with van der Waals surface area (Å²) in [5.74, 6) is 1.96. The first-order valence-corrected chi connectivity index (χ1v) is 5.00. The monoisotopic (exact) mass is 154 g/mol. The van der Waals surface area contributed by atoms with E-state index in [-0.39, 0.29) is 0 Å². The van der Waals surface area contributed by atoms with Gasteiger partial charge >= 0.3 is 0 Å². The Hall–Kier alpha value is 0. The molecule has 0 spiro atoms. The first-order valence-electron chi connectivity index (χ1n) is 5.00. The molecule has 0 heteroatoms. The Bertz CT molecular complexity index is 118. The first-order chi connectivity index (χ1) is 5.00. The summed E-state index contributed by atoms with van der Waals surface area (Å²) < 4.78 is 0. The molecule has 1 aliphatic carbocycles. The first kappa shape index (κ1) is 9.09. The van der Waals surface area contributed by atoms with Gasteiger partial charge in [0.25, 0.3) is 0 Å². The van der Waals surface area contributed by atoms with Gasteiger partial charge in [-0.2, -0.15) is 0 Å². The fraction of sp³-hybridized carbons (Fsp3) is 1.00. The highest BCUT2D eigenvalue weighted by atomic mass is 14.3. The molecular weight excluding hydrogens is 132 g/mol. The summed E-state index contributed by atoms with van der Waals surface area (Å²) in [5.41, 5.74) is 0.550. The molecule has 1 fully saturated rings. The van der Waals surface area contributed by atoms with Crippen molar-refractivity contribution in [3.05, 3.63) is 0 Å². The average Bonchev–Trinajstić information content (AvgIpc) is 1.86. The molecule has 0 aliphatic heterocycles. The van der Waals surface area contributed by atoms with Crippen LogP contribution in [0.15, 0.2) is 0 Å². The van der Waals surface area contributed by atoms with E-state index >= 15 is 0 Å². The Morgan fingerprint density at radius 3 is 2.09 bits per heavy atom. The van der Waals surface area contributed by atoms with Crippen molar-refractivity contribution in [2.45, 2.75) is 53.4 Å². The van der Waals surface area contributed by atoms with Gasteiger partial charge in [0.1, 0.15) is 0 Å². The predicted octanol–water partition coefficient (Wildman–Crippen LogP) is 3.86. The minimum absolute atomic E-state index is 0.550. The van der Waals surface area contributed by atoms with Gasteiger partial charge in [-0.3, -0.25) is 0 Å². The highest BCUT2D eigenvalue weighted by Gasteiger charge is 2.28. The fourth-order valence-electron chi connectivity index (χ4n) is 2.22. The molecular formula is C11H22. The molecule has 0 N–H and O–H groups in total. The van der Waals surface area contributed by atoms with Crippen molar-refractivity contribution >= 4 is 0 Å². The molecule has 0 bridgehead atoms. The normalized spacial score (nSPS) is 33.8. The van der Waals surface area contributed by atoms with Gasteiger partial charge in [0.15, 0.2) is 0 Å². The second kappa shape index (κ2) is 3.16. The largest absolute Gasteiger partial charge is 0.0625 e. The van der Waals surface area contributed by atoms with Gasteiger partial charge in [0.2, 0.25) is 0 Å². The zero-order valence-electron chi connectivity index (χ0n) is 8.48. The molecule has 0 amide bonds. The standard InChI is InChI=1S/C11H22/c1-9-6-5-7-10(8-9)11(2,3)4/h9-10H,5-8H2,1-4H3/t9-,10-/m0/s1. The maximum Gasteiger partial charge on any atom is -0.0354 e. The van der Waals surface area contributed by atoms with Gasteiger partial charge in [-0.05, 0) is 30.1 Å². The highest BCUT2D eigenvalue weighted by molar-refractivity contribution is 4.79. The zero-order valence-corrected chi connectivity index (χ0v) is 8.48. The van der Waals surface area contributed by atoms with Crippen LogP contribution in [0.3, 0.4) is 0 Å². The molecule has 0 radical (unpaired) electrons. The van der Waals surface area contributed by atoms with Crippen LogP contribution in [0.1, 0.15) is 53.4 Å². The van der Waals surface area contributed by atoms with Crippen LogP contribution in [0, 0.1) is 17.3 Å². The summed E-state index contributed by atoms with van der Waals surface area (Å²) in [6, 6.07) is 0. The van der Waals surface area contributed by atoms with E-state index in [0.717, 1.165) is 11.8 Å². The van der Waals surface area contributed by atoms with E-state index in [1.54, 1.807) is 0 Å². The molecule has 0 aromatic heterocycles. The summed E-state index contributed by atoms with van der Waals surface area (Å²) in [5, 5.41) is 0. The third-order valence-electron chi connectivity index (χ3n) is 3.16. The average molecular weight is 154 g/mol. The van der Waals surface area contributed by atoms with Crippen LogP contribution >= 0.6 is 0 Å². The topological polar surface area (TPSA) is 0 Å². The van der Waals surface area contributed by atoms with E-state index in [9.17, 15) is 0 Å². The Morgan fingerprint density at radius 1 is 1.09 bits per heavy atom. The van der Waals surface area contributed by atoms with E-state index in [2.05, 4.69) is 27.7 Å². The van der Waals surface area contributed by atoms with E-state index < -0.39 is 0 Å². The summed E-state index contributed by atoms with van der Waals surface area (Å²) in [6.07, 6.45) is 5.85. The molecule has 0 unspecified atom stereocenters. The lowest BCUT2D eigenvalue weighted by Gasteiger charge is -2.36. The van der Waals surface area contributed by atoms with Crippen LogP contribution in [-0.2, 0) is 0 Å². The van der Waals surface area contributed by atoms with Crippen LogP contribution in [0.25, 0.3) is 0 Å². The van der Waals surface area contributed by atoms with Crippen molar-refractivity contribution in [1.82, 2.24) is 0 Å². The highest BCUT2D eigenvalue weighted by Crippen LogP contribution is 2.39. The van der Waals surface area contributed by atoms with Crippen LogP contribution in [0.2, 0.25) is 0 Å². The second-order valence-electron chi connectivity index (χ2n) is 5.33. The summed E-state index contributed by atoms with van der Waals surface area (Å²) in [7, 11) is 0. The molecule has 1 rings (SSSR count). The smallest absolute Gasteiger partial charge is 0.0354 e. The van der Waals surface area contributed by atoms with Crippen molar-refractivity contribution in [3.63, 3.8) is 0 Å². The van der Waals surface area contributed by atoms with Gasteiger partial charge in [-0.25, -0.2) is 0 Å². The molecule has 1 saturated carbocycles. The summed E-state index contributed by atoms with van der Waals surface area (Å²) in [6.45, 7) is 9.55. The molecule has 0 nitrogen and oxygen atoms in total. The quantitative estimate of drug-likeness (QED) is 0.497. The van der Waals surface area contributed by atoms with E-state index in [1.165, 1.54) is 25.7 Å². The van der Waals surface area contributed by atoms with Gasteiger partial charge in [0.05, 0.1) is 0 Å². The lowest BCUT2D eigenvalue weighted by molar-refractivity contribution is 0.148. The summed E-state index contributed by atoms with van der Waals surface area (Å²) in [4.78, 5) is 0. The van der Waals surface area contributed by atoms with Crippen molar-refractivity contribution in [2.24, 2.45) is 17.3 Å². The van der Waals surface area contributed by atoms with Gasteiger partial charge in [-0.1, -0.05) is 40.5 Å². The molecule has 0 heterocycles. The molecule has 11 heavy (non-hydrogen) atoms. The predicted molar refractivity (Wildman–Crippen MR) is 50.6 cm³/mol. The minimum Gasteiger partial charge on any atom is -0.0625 e. The second-order valence-corrected chi connectivity index (χ2v) is 5.33. The third kappa shape index (κ3) is 2.50. The maximum absolute atomic E-state index is 2.40. The number of rotatable bonds is 0. The SMILES string of the molecule is C[C@H]1CCC[C@H](C(C)(C)C)C1. The number of hydrogen-bond donors (Lipinski definition) is 0. The molecule has 2 atom stereocenters. The molecule has 0 aromatic carbocycles. The molecule has 1 aliphatic rings. The van der Waals surface area contributed by atoms with Gasteiger partial charge in [0, 0.05) is 0 Å². The van der Waals surface area contributed by atoms with E-state index in [0.29, 0.717) is 5.41 Å². The van der Waals surface area contributed by atoms with E-state index in [4.69, 9.17) is 0 Å². The van der Waals surface area contributed by atoms with Crippen LogP contribution in [0.5, 0.6) is 0 Å². The number of hydrogen-bond acceptors (Lipinski definition) is 0. The van der Waals surface area contributed by atoms with Crippen molar-refractivity contribution in [3.8, 4) is 0 Å². The molecule has 0 aromatic rings. The van der Waals surface area contributed by atoms with Crippen LogP contribution < -0.4 is 0 Å². The lowest BCUT2D eigenvalue weighted by atomic mass is 9.69. The molecule has 66 valence electrons. The third-order valence-corrected chi connectivity index (χ3v) is 3.16. The van der Waals surface area contributed by atoms with Gasteiger partial charge in [-0.15, -0.1) is 0 Å². The molecule has 0 saturated heterocycles. The maximum atomic E-state index is 2.40. The minimum atomic E-state index is 0.550. The Balaban J connectivity index is 2.46. The Kier molecular flexibility index (Phi) is 2.61. The van der Waals surface area contributed by atoms with Crippen molar-refractivity contribution in [2.75, 3.05) is 0 Å². The summed E-state index contributed by atoms with van der Waals surface area (Å²) >= 11 is 0. The van der Waals surface area contributed by atoms with Crippen molar-refractivity contribution < 1.29 is 0 Å². The van der Waals surface area contributed by atoms with E-state index in [1.807, 2.05) is 0 Å². The lowest BCUT2D eigenvalue weighted by Crippen LogP contribution is -2.25.